The number of hydrogen-bond donors (Lipinski definition) is 5. The lowest BCUT2D eigenvalue weighted by atomic mass is 9.97. The second-order valence-electron chi connectivity index (χ2n) is 2.93. The molecule has 0 aromatic heterocycles. The smallest absolute Gasteiger partial charge is 0.171 e. The average Bonchev–Trinajstić information content (AvgIpc) is 2.00. The average molecular weight is 179 g/mol. The van der Waals surface area contributed by atoms with Crippen molar-refractivity contribution in [2.45, 2.75) is 30.6 Å². The summed E-state index contributed by atoms with van der Waals surface area (Å²) < 4.78 is 4.68. The highest BCUT2D eigenvalue weighted by Crippen LogP contribution is 2.23. The summed E-state index contributed by atoms with van der Waals surface area (Å²) in [4.78, 5) is 0. The Kier molecular flexibility index (Phi) is 2.67. The van der Waals surface area contributed by atoms with E-state index in [1.165, 1.54) is 0 Å². The van der Waals surface area contributed by atoms with Crippen LogP contribution in [0.5, 0.6) is 0 Å². The highest BCUT2D eigenvalue weighted by molar-refractivity contribution is 4.91. The van der Waals surface area contributed by atoms with Crippen LogP contribution in [0.1, 0.15) is 6.42 Å². The van der Waals surface area contributed by atoms with Gasteiger partial charge in [-0.15, -0.1) is 0 Å². The molecule has 6 nitrogen and oxygen atoms in total. The first-order chi connectivity index (χ1) is 5.49. The van der Waals surface area contributed by atoms with Crippen LogP contribution in [-0.4, -0.2) is 51.3 Å². The summed E-state index contributed by atoms with van der Waals surface area (Å²) in [5.74, 6) is 0. The molecule has 0 spiro atoms. The van der Waals surface area contributed by atoms with Crippen LogP contribution in [0.4, 0.5) is 0 Å². The fraction of sp³-hybridized carbons (Fsp3) is 1.00. The fourth-order valence-corrected chi connectivity index (χ4v) is 1.16. The third-order valence-electron chi connectivity index (χ3n) is 1.91. The van der Waals surface area contributed by atoms with Gasteiger partial charge in [0.05, 0.1) is 12.7 Å². The minimum Gasteiger partial charge on any atom is -0.392 e. The Morgan fingerprint density at radius 3 is 2.50 bits per heavy atom. The molecule has 1 saturated heterocycles. The number of ether oxygens (including phenoxy) is 1. The molecule has 1 rings (SSSR count). The summed E-state index contributed by atoms with van der Waals surface area (Å²) in [5, 5.41) is 36.1. The third kappa shape index (κ3) is 1.58. The fourth-order valence-electron chi connectivity index (χ4n) is 1.16. The Morgan fingerprint density at radius 2 is 2.00 bits per heavy atom. The Bertz CT molecular complexity index is 166. The Morgan fingerprint density at radius 1 is 1.42 bits per heavy atom. The molecule has 0 aliphatic carbocycles. The van der Waals surface area contributed by atoms with E-state index < -0.39 is 30.8 Å². The van der Waals surface area contributed by atoms with Crippen molar-refractivity contribution in [2.75, 3.05) is 6.61 Å². The maximum atomic E-state index is 9.24. The van der Waals surface area contributed by atoms with Crippen LogP contribution in [0.2, 0.25) is 0 Å². The molecule has 0 bridgehead atoms. The summed E-state index contributed by atoms with van der Waals surface area (Å²) in [5.41, 5.74) is 3.57. The van der Waals surface area contributed by atoms with E-state index in [4.69, 9.17) is 21.1 Å². The monoisotopic (exact) mass is 179 g/mol. The van der Waals surface area contributed by atoms with Gasteiger partial charge in [-0.3, -0.25) is 5.73 Å². The normalized spacial score (nSPS) is 49.2. The first-order valence-corrected chi connectivity index (χ1v) is 3.61. The van der Waals surface area contributed by atoms with Gasteiger partial charge in [-0.25, -0.2) is 0 Å². The SMILES string of the molecule is NC1(CO)OC(O)C[C@@H](O)C1O. The Balaban J connectivity index is 2.72. The topological polar surface area (TPSA) is 116 Å². The van der Waals surface area contributed by atoms with Gasteiger partial charge in [0.15, 0.2) is 12.0 Å². The van der Waals surface area contributed by atoms with E-state index in [0.717, 1.165) is 0 Å². The van der Waals surface area contributed by atoms with E-state index in [9.17, 15) is 5.11 Å². The van der Waals surface area contributed by atoms with Gasteiger partial charge >= 0.3 is 0 Å². The van der Waals surface area contributed by atoms with Crippen LogP contribution in [0.3, 0.4) is 0 Å². The zero-order valence-electron chi connectivity index (χ0n) is 6.42. The van der Waals surface area contributed by atoms with Crippen molar-refractivity contribution >= 4 is 0 Å². The molecule has 0 radical (unpaired) electrons. The van der Waals surface area contributed by atoms with Crippen molar-refractivity contribution in [2.24, 2.45) is 5.73 Å². The number of rotatable bonds is 1. The summed E-state index contributed by atoms with van der Waals surface area (Å²) in [7, 11) is 0. The number of nitrogens with two attached hydrogens (primary N) is 1. The molecule has 6 heteroatoms. The Hall–Kier alpha value is -0.240. The van der Waals surface area contributed by atoms with Crippen molar-refractivity contribution < 1.29 is 25.2 Å². The van der Waals surface area contributed by atoms with Crippen LogP contribution in [0.15, 0.2) is 0 Å². The lowest BCUT2D eigenvalue weighted by Crippen LogP contribution is -2.65. The third-order valence-corrected chi connectivity index (χ3v) is 1.91. The van der Waals surface area contributed by atoms with Gasteiger partial charge in [-0.05, 0) is 0 Å². The van der Waals surface area contributed by atoms with E-state index >= 15 is 0 Å². The van der Waals surface area contributed by atoms with Crippen molar-refractivity contribution in [1.29, 1.82) is 0 Å². The van der Waals surface area contributed by atoms with E-state index in [1.54, 1.807) is 0 Å². The molecule has 72 valence electrons. The van der Waals surface area contributed by atoms with Crippen molar-refractivity contribution in [3.8, 4) is 0 Å². The molecule has 3 unspecified atom stereocenters. The van der Waals surface area contributed by atoms with Gasteiger partial charge < -0.3 is 25.2 Å². The standard InChI is InChI=1S/C6H13NO5/c7-6(2-8)5(11)3(9)1-4(10)12-6/h3-5,8-11H,1-2,7H2/t3-,4?,5?,6?/m1/s1. The van der Waals surface area contributed by atoms with Crippen LogP contribution in [0, 0.1) is 0 Å². The molecule has 1 heterocycles. The first-order valence-electron chi connectivity index (χ1n) is 3.61. The second-order valence-corrected chi connectivity index (χ2v) is 2.93. The summed E-state index contributed by atoms with van der Waals surface area (Å²) in [6, 6.07) is 0. The van der Waals surface area contributed by atoms with Gasteiger partial charge in [-0.1, -0.05) is 0 Å². The second kappa shape index (κ2) is 3.25. The van der Waals surface area contributed by atoms with Gasteiger partial charge in [0.25, 0.3) is 0 Å². The predicted molar refractivity (Wildman–Crippen MR) is 37.7 cm³/mol. The van der Waals surface area contributed by atoms with Crippen LogP contribution < -0.4 is 5.73 Å². The number of aliphatic hydroxyl groups is 4. The molecular weight excluding hydrogens is 166 g/mol. The van der Waals surface area contributed by atoms with Crippen molar-refractivity contribution in [1.82, 2.24) is 0 Å². The minimum absolute atomic E-state index is 0.111. The molecule has 1 aliphatic rings. The summed E-state index contributed by atoms with van der Waals surface area (Å²) in [6.07, 6.45) is -3.92. The van der Waals surface area contributed by atoms with Crippen LogP contribution in [-0.2, 0) is 4.74 Å². The predicted octanol–water partition coefficient (Wildman–Crippen LogP) is -2.91. The molecule has 1 fully saturated rings. The molecule has 0 aromatic carbocycles. The van der Waals surface area contributed by atoms with Gasteiger partial charge in [0.2, 0.25) is 0 Å². The van der Waals surface area contributed by atoms with E-state index in [1.807, 2.05) is 0 Å². The molecule has 4 atom stereocenters. The van der Waals surface area contributed by atoms with Crippen LogP contribution >= 0.6 is 0 Å². The van der Waals surface area contributed by atoms with Crippen LogP contribution in [0.25, 0.3) is 0 Å². The molecule has 6 N–H and O–H groups in total. The maximum Gasteiger partial charge on any atom is 0.171 e. The van der Waals surface area contributed by atoms with E-state index in [-0.39, 0.29) is 6.42 Å². The van der Waals surface area contributed by atoms with Crippen molar-refractivity contribution in [3.05, 3.63) is 0 Å². The van der Waals surface area contributed by atoms with Crippen molar-refractivity contribution in [3.63, 3.8) is 0 Å². The highest BCUT2D eigenvalue weighted by Gasteiger charge is 2.45. The molecular formula is C6H13NO5. The molecule has 0 aromatic rings. The zero-order chi connectivity index (χ0) is 9.35. The number of aliphatic hydroxyl groups excluding tert-OH is 4. The highest BCUT2D eigenvalue weighted by atomic mass is 16.6. The molecule has 1 aliphatic heterocycles. The largest absolute Gasteiger partial charge is 0.392 e. The lowest BCUT2D eigenvalue weighted by Gasteiger charge is -2.41. The maximum absolute atomic E-state index is 9.24. The summed E-state index contributed by atoms with van der Waals surface area (Å²) >= 11 is 0. The van der Waals surface area contributed by atoms with Gasteiger partial charge in [-0.2, -0.15) is 0 Å². The first kappa shape index (κ1) is 9.85. The van der Waals surface area contributed by atoms with E-state index in [0.29, 0.717) is 0 Å². The molecule has 12 heavy (non-hydrogen) atoms. The zero-order valence-corrected chi connectivity index (χ0v) is 6.42. The lowest BCUT2D eigenvalue weighted by molar-refractivity contribution is -0.287. The van der Waals surface area contributed by atoms with Gasteiger partial charge in [0.1, 0.15) is 6.10 Å². The van der Waals surface area contributed by atoms with E-state index in [2.05, 4.69) is 4.74 Å². The molecule has 0 saturated carbocycles. The molecule has 0 amide bonds. The minimum atomic E-state index is -1.77. The Labute approximate surface area is 69.2 Å². The number of hydrogen-bond acceptors (Lipinski definition) is 6. The summed E-state index contributed by atoms with van der Waals surface area (Å²) in [6.45, 7) is -0.664. The quantitative estimate of drug-likeness (QED) is 0.295. The van der Waals surface area contributed by atoms with Gasteiger partial charge in [0, 0.05) is 6.42 Å².